The Bertz CT molecular complexity index is 1490. The van der Waals surface area contributed by atoms with Crippen LogP contribution in [0.5, 0.6) is 0 Å². The van der Waals surface area contributed by atoms with E-state index in [9.17, 15) is 36.0 Å². The first-order valence-corrected chi connectivity index (χ1v) is 15.0. The van der Waals surface area contributed by atoms with Crippen molar-refractivity contribution in [1.82, 2.24) is 9.80 Å². The van der Waals surface area contributed by atoms with Crippen molar-refractivity contribution in [1.29, 1.82) is 0 Å². The molecule has 3 aliphatic heterocycles. The maximum absolute atomic E-state index is 13.8. The summed E-state index contributed by atoms with van der Waals surface area (Å²) >= 11 is 6.27. The molecule has 0 aromatic heterocycles. The van der Waals surface area contributed by atoms with E-state index in [2.05, 4.69) is 5.32 Å². The van der Waals surface area contributed by atoms with E-state index < -0.39 is 50.6 Å². The highest BCUT2D eigenvalue weighted by molar-refractivity contribution is 7.92. The SMILES string of the molecule is COC(=O)N1CCC[C@H]1C(=O)N1C2CC[C@H]1C[C@H](S(=O)(=O)c1cc(C(=O)Nc3cc(F)c(F)c(F)c3)ccc1Cl)C2. The number of hydrogen-bond acceptors (Lipinski definition) is 6. The lowest BCUT2D eigenvalue weighted by molar-refractivity contribution is -0.139. The minimum atomic E-state index is -4.07. The first-order valence-electron chi connectivity index (χ1n) is 13.1. The van der Waals surface area contributed by atoms with Crippen LogP contribution in [0.1, 0.15) is 48.9 Å². The predicted octanol–water partition coefficient (Wildman–Crippen LogP) is 4.54. The highest BCUT2D eigenvalue weighted by Gasteiger charge is 2.50. The molecule has 1 N–H and O–H groups in total. The Labute approximate surface area is 239 Å². The number of anilines is 1. The second-order valence-corrected chi connectivity index (χ2v) is 13.0. The van der Waals surface area contributed by atoms with E-state index in [-0.39, 0.29) is 52.0 Å². The van der Waals surface area contributed by atoms with E-state index in [1.54, 1.807) is 4.90 Å². The lowest BCUT2D eigenvalue weighted by Crippen LogP contribution is -2.55. The molecular weight excluding hydrogens is 587 g/mol. The Kier molecular flexibility index (Phi) is 7.94. The molecule has 0 saturated carbocycles. The maximum Gasteiger partial charge on any atom is 0.410 e. The Hall–Kier alpha value is -3.32. The molecule has 2 aromatic carbocycles. The van der Waals surface area contributed by atoms with Gasteiger partial charge in [0.05, 0.1) is 22.3 Å². The lowest BCUT2D eigenvalue weighted by Gasteiger charge is -2.41. The van der Waals surface area contributed by atoms with Crippen molar-refractivity contribution >= 4 is 45.0 Å². The monoisotopic (exact) mass is 613 g/mol. The summed E-state index contributed by atoms with van der Waals surface area (Å²) in [5, 5.41) is 1.24. The molecule has 3 fully saturated rings. The zero-order chi connectivity index (χ0) is 29.6. The van der Waals surface area contributed by atoms with Gasteiger partial charge in [-0.1, -0.05) is 11.6 Å². The van der Waals surface area contributed by atoms with Gasteiger partial charge in [-0.2, -0.15) is 0 Å². The lowest BCUT2D eigenvalue weighted by atomic mass is 10.0. The molecule has 0 spiro atoms. The topological polar surface area (TPSA) is 113 Å². The van der Waals surface area contributed by atoms with Crippen molar-refractivity contribution in [3.05, 3.63) is 58.4 Å². The van der Waals surface area contributed by atoms with Crippen LogP contribution in [0.25, 0.3) is 0 Å². The van der Waals surface area contributed by atoms with Crippen LogP contribution in [-0.2, 0) is 19.4 Å². The molecule has 4 atom stereocenters. The second-order valence-electron chi connectivity index (χ2n) is 10.4. The average molecular weight is 614 g/mol. The van der Waals surface area contributed by atoms with Crippen molar-refractivity contribution in [3.63, 3.8) is 0 Å². The Morgan fingerprint density at radius 2 is 1.63 bits per heavy atom. The van der Waals surface area contributed by atoms with Gasteiger partial charge in [0.2, 0.25) is 5.91 Å². The van der Waals surface area contributed by atoms with Gasteiger partial charge in [0.1, 0.15) is 6.04 Å². The minimum absolute atomic E-state index is 0.106. The van der Waals surface area contributed by atoms with Gasteiger partial charge in [0.15, 0.2) is 27.3 Å². The van der Waals surface area contributed by atoms with Crippen LogP contribution >= 0.6 is 11.6 Å². The summed E-state index contributed by atoms with van der Waals surface area (Å²) in [5.41, 5.74) is -0.495. The number of hydrogen-bond donors (Lipinski definition) is 1. The van der Waals surface area contributed by atoms with Crippen LogP contribution in [0.2, 0.25) is 5.02 Å². The van der Waals surface area contributed by atoms with Gasteiger partial charge in [-0.15, -0.1) is 0 Å². The summed E-state index contributed by atoms with van der Waals surface area (Å²) in [6.45, 7) is 0.413. The van der Waals surface area contributed by atoms with Crippen LogP contribution in [0, 0.1) is 17.5 Å². The Balaban J connectivity index is 1.34. The molecule has 5 rings (SSSR count). The molecular formula is C27H27ClF3N3O6S. The third-order valence-corrected chi connectivity index (χ3v) is 10.7. The normalized spacial score (nSPS) is 23.9. The Morgan fingerprint density at radius 1 is 1.00 bits per heavy atom. The number of benzene rings is 2. The highest BCUT2D eigenvalue weighted by Crippen LogP contribution is 2.42. The molecule has 3 amide bonds. The van der Waals surface area contributed by atoms with Gasteiger partial charge >= 0.3 is 6.09 Å². The number of sulfone groups is 1. The van der Waals surface area contributed by atoms with Gasteiger partial charge in [-0.3, -0.25) is 14.5 Å². The van der Waals surface area contributed by atoms with E-state index in [1.165, 1.54) is 24.1 Å². The second kappa shape index (κ2) is 11.2. The number of carbonyl (C=O) groups is 3. The fourth-order valence-electron chi connectivity index (χ4n) is 6.14. The summed E-state index contributed by atoms with van der Waals surface area (Å²) < 4.78 is 72.7. The number of ether oxygens (including phenoxy) is 1. The largest absolute Gasteiger partial charge is 0.453 e. The van der Waals surface area contributed by atoms with Gasteiger partial charge in [0.25, 0.3) is 5.91 Å². The van der Waals surface area contributed by atoms with E-state index >= 15 is 0 Å². The fourth-order valence-corrected chi connectivity index (χ4v) is 8.53. The summed E-state index contributed by atoms with van der Waals surface area (Å²) in [5.74, 6) is -5.76. The van der Waals surface area contributed by atoms with Gasteiger partial charge in [-0.25, -0.2) is 26.4 Å². The summed E-state index contributed by atoms with van der Waals surface area (Å²) in [7, 11) is -2.81. The van der Waals surface area contributed by atoms with E-state index in [1.807, 2.05) is 0 Å². The summed E-state index contributed by atoms with van der Waals surface area (Å²) in [4.78, 5) is 41.3. The zero-order valence-electron chi connectivity index (χ0n) is 21.9. The van der Waals surface area contributed by atoms with Crippen molar-refractivity contribution < 1.29 is 40.7 Å². The molecule has 1 unspecified atom stereocenters. The van der Waals surface area contributed by atoms with E-state index in [0.717, 1.165) is 6.07 Å². The number of nitrogens with zero attached hydrogens (tertiary/aromatic N) is 2. The quantitative estimate of drug-likeness (QED) is 0.496. The van der Waals surface area contributed by atoms with Crippen molar-refractivity contribution in [2.75, 3.05) is 19.0 Å². The molecule has 3 heterocycles. The number of methoxy groups -OCH3 is 1. The molecule has 0 radical (unpaired) electrons. The zero-order valence-corrected chi connectivity index (χ0v) is 23.5. The number of nitrogens with one attached hydrogen (secondary N) is 1. The first kappa shape index (κ1) is 29.2. The minimum Gasteiger partial charge on any atom is -0.453 e. The van der Waals surface area contributed by atoms with Crippen LogP contribution in [0.15, 0.2) is 35.2 Å². The third kappa shape index (κ3) is 5.36. The Morgan fingerprint density at radius 3 is 2.24 bits per heavy atom. The first-order chi connectivity index (χ1) is 19.4. The maximum atomic E-state index is 13.8. The van der Waals surface area contributed by atoms with Crippen LogP contribution < -0.4 is 5.32 Å². The number of carbonyl (C=O) groups excluding carboxylic acids is 3. The summed E-state index contributed by atoms with van der Waals surface area (Å²) in [6.07, 6.45) is 2.17. The molecule has 220 valence electrons. The van der Waals surface area contributed by atoms with Gasteiger partial charge in [0, 0.05) is 42.0 Å². The number of piperidine rings is 1. The molecule has 3 saturated heterocycles. The average Bonchev–Trinajstić information content (AvgIpc) is 3.53. The molecule has 3 aliphatic rings. The highest BCUT2D eigenvalue weighted by atomic mass is 35.5. The van der Waals surface area contributed by atoms with Crippen LogP contribution in [-0.4, -0.2) is 73.2 Å². The number of likely N-dealkylation sites (tertiary alicyclic amines) is 1. The molecule has 2 bridgehead atoms. The van der Waals surface area contributed by atoms with Crippen LogP contribution in [0.3, 0.4) is 0 Å². The summed E-state index contributed by atoms with van der Waals surface area (Å²) in [6, 6.07) is 3.47. The van der Waals surface area contributed by atoms with E-state index in [0.29, 0.717) is 44.4 Å². The standard InChI is InChI=1S/C27H27ClF3N3O6S/c1-40-27(37)33-8-2-3-22(33)26(36)34-16-5-6-17(34)13-18(12-16)41(38,39)23-9-14(4-7-19(23)28)25(35)32-15-10-20(29)24(31)21(30)11-15/h4,7,9-11,16-18,22H,2-3,5-6,8,12-13H2,1H3,(H,32,35)/t16-,17?,18-,22-/m0/s1. The van der Waals surface area contributed by atoms with Crippen molar-refractivity contribution in [2.24, 2.45) is 0 Å². The number of halogens is 4. The molecule has 9 nitrogen and oxygen atoms in total. The van der Waals surface area contributed by atoms with Gasteiger partial charge in [-0.05, 0) is 56.7 Å². The van der Waals surface area contributed by atoms with Crippen LogP contribution in [0.4, 0.5) is 23.7 Å². The van der Waals surface area contributed by atoms with E-state index in [4.69, 9.17) is 16.3 Å². The molecule has 14 heteroatoms. The predicted molar refractivity (Wildman–Crippen MR) is 142 cm³/mol. The fraction of sp³-hybridized carbons (Fsp3) is 0.444. The number of rotatable bonds is 5. The third-order valence-electron chi connectivity index (χ3n) is 8.07. The number of amides is 3. The van der Waals surface area contributed by atoms with Crippen molar-refractivity contribution in [2.45, 2.75) is 66.8 Å². The molecule has 0 aliphatic carbocycles. The smallest absolute Gasteiger partial charge is 0.410 e. The molecule has 2 aromatic rings. The molecule has 41 heavy (non-hydrogen) atoms. The number of fused-ring (bicyclic) bond motifs is 2. The van der Waals surface area contributed by atoms with Crippen molar-refractivity contribution in [3.8, 4) is 0 Å². The van der Waals surface area contributed by atoms with Gasteiger partial charge < -0.3 is 15.0 Å².